The number of carbonyl (C=O) groups excluding carboxylic acids is 3. The molecule has 2 amide bonds. The minimum Gasteiger partial charge on any atom is -0.485 e. The van der Waals surface area contributed by atoms with Crippen molar-refractivity contribution >= 4 is 29.9 Å². The molecule has 0 aliphatic rings. The molecule has 30 heavy (non-hydrogen) atoms. The summed E-state index contributed by atoms with van der Waals surface area (Å²) < 4.78 is 43.6. The van der Waals surface area contributed by atoms with E-state index in [0.29, 0.717) is 25.0 Å². The minimum absolute atomic E-state index is 0.0475. The molecule has 0 bridgehead atoms. The largest absolute Gasteiger partial charge is 0.485 e. The number of benzene rings is 1. The fourth-order valence-corrected chi connectivity index (χ4v) is 3.10. The lowest BCUT2D eigenvalue weighted by atomic mass is 10.1. The fraction of sp³-hybridized carbons (Fsp3) is 0.381. The van der Waals surface area contributed by atoms with Crippen LogP contribution in [0, 0.1) is 0 Å². The van der Waals surface area contributed by atoms with E-state index in [-0.39, 0.29) is 23.3 Å². The first-order valence-corrected chi connectivity index (χ1v) is 10.3. The second kappa shape index (κ2) is 12.2. The van der Waals surface area contributed by atoms with E-state index in [4.69, 9.17) is 4.74 Å². The van der Waals surface area contributed by atoms with Gasteiger partial charge in [-0.15, -0.1) is 0 Å². The van der Waals surface area contributed by atoms with Gasteiger partial charge in [0, 0.05) is 0 Å². The second-order valence-electron chi connectivity index (χ2n) is 6.31. The molecule has 1 N–H and O–H groups in total. The number of ketones is 1. The topological polar surface area (TPSA) is 72.5 Å². The molecule has 1 atom stereocenters. The highest BCUT2D eigenvalue weighted by Crippen LogP contribution is 2.27. The molecule has 164 valence electrons. The molecule has 0 aromatic heterocycles. The number of aryl methyl sites for hydroxylation is 1. The quantitative estimate of drug-likeness (QED) is 0.318. The molecule has 0 spiro atoms. The van der Waals surface area contributed by atoms with Gasteiger partial charge in [-0.3, -0.25) is 19.7 Å². The molecule has 0 fully saturated rings. The van der Waals surface area contributed by atoms with E-state index in [1.54, 1.807) is 30.5 Å². The summed E-state index contributed by atoms with van der Waals surface area (Å²) in [6, 6.07) is 6.85. The summed E-state index contributed by atoms with van der Waals surface area (Å²) in [5, 5.41) is 1.79. The van der Waals surface area contributed by atoms with E-state index < -0.39 is 17.5 Å². The highest BCUT2D eigenvalue weighted by Gasteiger charge is 2.31. The second-order valence-corrected chi connectivity index (χ2v) is 7.35. The molecule has 1 unspecified atom stereocenters. The van der Waals surface area contributed by atoms with Crippen LogP contribution in [0.25, 0.3) is 0 Å². The highest BCUT2D eigenvalue weighted by molar-refractivity contribution is 7.99. The number of thioether (sulfide) groups is 1. The molecular weight excluding hydrogens is 419 g/mol. The Morgan fingerprint density at radius 3 is 2.37 bits per heavy atom. The summed E-state index contributed by atoms with van der Waals surface area (Å²) in [5.74, 6) is -0.486. The van der Waals surface area contributed by atoms with Crippen molar-refractivity contribution in [3.05, 3.63) is 53.1 Å². The number of nitrogens with one attached hydrogen (secondary N) is 1. The van der Waals surface area contributed by atoms with Crippen LogP contribution in [0.2, 0.25) is 0 Å². The van der Waals surface area contributed by atoms with Crippen LogP contribution in [0.3, 0.4) is 0 Å². The Bertz CT molecular complexity index is 801. The Kier molecular flexibility index (Phi) is 10.4. The third kappa shape index (κ3) is 8.44. The molecule has 5 nitrogen and oxygen atoms in total. The van der Waals surface area contributed by atoms with E-state index >= 15 is 0 Å². The van der Waals surface area contributed by atoms with Gasteiger partial charge in [-0.05, 0) is 62.3 Å². The number of amides is 2. The molecule has 1 aromatic rings. The Balaban J connectivity index is 2.61. The lowest BCUT2D eigenvalue weighted by Gasteiger charge is -2.12. The predicted molar refractivity (Wildman–Crippen MR) is 110 cm³/mol. The van der Waals surface area contributed by atoms with Gasteiger partial charge in [-0.2, -0.15) is 24.9 Å². The van der Waals surface area contributed by atoms with Crippen molar-refractivity contribution in [2.45, 2.75) is 38.1 Å². The molecule has 0 aliphatic heterocycles. The number of allylic oxidation sites excluding steroid dienone is 3. The third-order valence-electron chi connectivity index (χ3n) is 4.22. The molecule has 0 saturated heterocycles. The van der Waals surface area contributed by atoms with E-state index in [1.165, 1.54) is 25.6 Å². The van der Waals surface area contributed by atoms with Crippen LogP contribution in [0.5, 0.6) is 5.75 Å². The van der Waals surface area contributed by atoms with Crippen molar-refractivity contribution in [2.75, 3.05) is 12.9 Å². The number of hydrogen-bond donors (Lipinski definition) is 1. The first-order chi connectivity index (χ1) is 14.1. The maximum absolute atomic E-state index is 12.8. The monoisotopic (exact) mass is 443 g/mol. The van der Waals surface area contributed by atoms with Gasteiger partial charge in [0.25, 0.3) is 0 Å². The predicted octanol–water partition coefficient (Wildman–Crippen LogP) is 4.03. The van der Waals surface area contributed by atoms with Crippen molar-refractivity contribution in [2.24, 2.45) is 0 Å². The molecule has 0 aliphatic carbocycles. The van der Waals surface area contributed by atoms with Crippen molar-refractivity contribution < 1.29 is 32.3 Å². The summed E-state index contributed by atoms with van der Waals surface area (Å²) in [6.07, 6.45) is 0.471. The van der Waals surface area contributed by atoms with Crippen molar-refractivity contribution in [1.29, 1.82) is 0 Å². The van der Waals surface area contributed by atoms with Crippen LogP contribution in [0.4, 0.5) is 13.2 Å². The van der Waals surface area contributed by atoms with Crippen LogP contribution >= 0.6 is 11.8 Å². The molecule has 0 radical (unpaired) electrons. The SMILES string of the molecule is C/C=C(\C=C(/C)C(=O)COc1ccc(CCC(SC)C(=O)NC=O)cc1)C(F)(F)F. The van der Waals surface area contributed by atoms with Gasteiger partial charge in [-0.25, -0.2) is 0 Å². The zero-order valence-corrected chi connectivity index (χ0v) is 17.7. The van der Waals surface area contributed by atoms with E-state index in [9.17, 15) is 27.6 Å². The zero-order valence-electron chi connectivity index (χ0n) is 16.9. The van der Waals surface area contributed by atoms with Crippen LogP contribution in [-0.2, 0) is 20.8 Å². The fourth-order valence-electron chi connectivity index (χ4n) is 2.46. The first kappa shape index (κ1) is 25.5. The Labute approximate surface area is 177 Å². The van der Waals surface area contributed by atoms with Crippen LogP contribution in [0.1, 0.15) is 25.8 Å². The van der Waals surface area contributed by atoms with Crippen LogP contribution < -0.4 is 10.1 Å². The molecule has 1 rings (SSSR count). The summed E-state index contributed by atoms with van der Waals surface area (Å²) in [5.41, 5.74) is 0.00225. The van der Waals surface area contributed by atoms with Gasteiger partial charge < -0.3 is 4.74 Å². The van der Waals surface area contributed by atoms with Crippen LogP contribution in [-0.4, -0.2) is 42.4 Å². The van der Waals surface area contributed by atoms with E-state index in [2.05, 4.69) is 5.32 Å². The Morgan fingerprint density at radius 1 is 1.23 bits per heavy atom. The zero-order chi connectivity index (χ0) is 22.7. The number of hydrogen-bond acceptors (Lipinski definition) is 5. The number of alkyl halides is 3. The highest BCUT2D eigenvalue weighted by atomic mass is 32.2. The number of rotatable bonds is 11. The summed E-state index contributed by atoms with van der Waals surface area (Å²) in [6.45, 7) is 2.19. The summed E-state index contributed by atoms with van der Waals surface area (Å²) in [4.78, 5) is 34.1. The van der Waals surface area contributed by atoms with Crippen molar-refractivity contribution in [3.63, 3.8) is 0 Å². The molecule has 0 saturated carbocycles. The summed E-state index contributed by atoms with van der Waals surface area (Å²) in [7, 11) is 0. The van der Waals surface area contributed by atoms with Gasteiger partial charge in [0.2, 0.25) is 12.3 Å². The average molecular weight is 443 g/mol. The lowest BCUT2D eigenvalue weighted by molar-refractivity contribution is -0.125. The Morgan fingerprint density at radius 2 is 1.87 bits per heavy atom. The van der Waals surface area contributed by atoms with Gasteiger partial charge in [-0.1, -0.05) is 18.2 Å². The van der Waals surface area contributed by atoms with E-state index in [1.807, 2.05) is 0 Å². The first-order valence-electron chi connectivity index (χ1n) is 9.06. The summed E-state index contributed by atoms with van der Waals surface area (Å²) >= 11 is 1.35. The van der Waals surface area contributed by atoms with Gasteiger partial charge in [0.05, 0.1) is 10.8 Å². The molecule has 9 heteroatoms. The smallest absolute Gasteiger partial charge is 0.416 e. The minimum atomic E-state index is -4.52. The number of imide groups is 1. The van der Waals surface area contributed by atoms with Crippen molar-refractivity contribution in [1.82, 2.24) is 5.32 Å². The van der Waals surface area contributed by atoms with Crippen molar-refractivity contribution in [3.8, 4) is 5.75 Å². The van der Waals surface area contributed by atoms with E-state index in [0.717, 1.165) is 17.7 Å². The van der Waals surface area contributed by atoms with Gasteiger partial charge >= 0.3 is 6.18 Å². The number of halogens is 3. The molecule has 0 heterocycles. The number of Topliss-reactive ketones (excluding diaryl/α,β-unsaturated/α-hetero) is 1. The number of ether oxygens (including phenoxy) is 1. The van der Waals surface area contributed by atoms with Crippen LogP contribution in [0.15, 0.2) is 47.6 Å². The molecular formula is C21H24F3NO4S. The third-order valence-corrected chi connectivity index (χ3v) is 5.24. The van der Waals surface area contributed by atoms with Gasteiger partial charge in [0.15, 0.2) is 12.4 Å². The average Bonchev–Trinajstić information content (AvgIpc) is 2.70. The standard InChI is InChI=1S/C21H24F3NO4S/c1-4-16(21(22,23)24)11-14(2)18(27)12-29-17-8-5-15(6-9-17)7-10-19(30-3)20(28)25-13-26/h4-6,8-9,11,13,19H,7,10,12H2,1-3H3,(H,25,26,28)/b14-11+,16-4+. The lowest BCUT2D eigenvalue weighted by Crippen LogP contribution is -2.31. The Hall–Kier alpha value is -2.55. The number of carbonyl (C=O) groups is 3. The maximum atomic E-state index is 12.8. The maximum Gasteiger partial charge on any atom is 0.416 e. The normalized spacial score (nSPS) is 13.5. The molecule has 1 aromatic carbocycles. The van der Waals surface area contributed by atoms with Gasteiger partial charge in [0.1, 0.15) is 5.75 Å².